The van der Waals surface area contributed by atoms with E-state index in [0.29, 0.717) is 0 Å². The molecule has 3 N–H and O–H groups in total. The Hall–Kier alpha value is -1.47. The molecule has 5 nitrogen and oxygen atoms in total. The van der Waals surface area contributed by atoms with Crippen molar-refractivity contribution in [1.82, 2.24) is 5.32 Å². The van der Waals surface area contributed by atoms with Gasteiger partial charge in [0.2, 0.25) is 0 Å². The van der Waals surface area contributed by atoms with Gasteiger partial charge in [-0.15, -0.1) is 0 Å². The molecule has 0 aliphatic rings. The monoisotopic (exact) mass is 319 g/mol. The lowest BCUT2D eigenvalue weighted by Gasteiger charge is -2.17. The van der Waals surface area contributed by atoms with Crippen molar-refractivity contribution in [1.29, 1.82) is 0 Å². The first-order valence-electron chi connectivity index (χ1n) is 5.00. The molecular formula is C11H11BrFNO4. The third-order valence-electron chi connectivity index (χ3n) is 2.23. The Bertz CT molecular complexity index is 478. The number of nitrogens with one attached hydrogen (secondary N) is 1. The molecule has 1 rings (SSSR count). The van der Waals surface area contributed by atoms with E-state index in [1.54, 1.807) is 0 Å². The summed E-state index contributed by atoms with van der Waals surface area (Å²) in [6.07, 6.45) is -1.27. The van der Waals surface area contributed by atoms with Crippen LogP contribution in [0.2, 0.25) is 0 Å². The molecule has 1 aromatic carbocycles. The van der Waals surface area contributed by atoms with E-state index >= 15 is 0 Å². The second kappa shape index (κ2) is 5.92. The average molecular weight is 320 g/mol. The van der Waals surface area contributed by atoms with Crippen LogP contribution in [0.5, 0.6) is 0 Å². The van der Waals surface area contributed by atoms with E-state index in [-0.39, 0.29) is 10.0 Å². The Kier molecular flexibility index (Phi) is 4.80. The van der Waals surface area contributed by atoms with Gasteiger partial charge in [-0.05, 0) is 35.0 Å². The number of aliphatic hydroxyl groups excluding tert-OH is 1. The van der Waals surface area contributed by atoms with Crippen molar-refractivity contribution in [3.05, 3.63) is 34.1 Å². The molecule has 0 radical (unpaired) electrons. The minimum atomic E-state index is -1.45. The van der Waals surface area contributed by atoms with Crippen LogP contribution in [0, 0.1) is 5.82 Å². The molecule has 98 valence electrons. The first kappa shape index (κ1) is 14.6. The van der Waals surface area contributed by atoms with Crippen LogP contribution in [0.4, 0.5) is 4.39 Å². The fourth-order valence-electron chi connectivity index (χ4n) is 1.29. The number of carbonyl (C=O) groups is 2. The van der Waals surface area contributed by atoms with E-state index in [4.69, 9.17) is 5.11 Å². The third-order valence-corrected chi connectivity index (χ3v) is 3.04. The summed E-state index contributed by atoms with van der Waals surface area (Å²) in [6.45, 7) is 1.24. The van der Waals surface area contributed by atoms with E-state index in [1.165, 1.54) is 19.1 Å². The van der Waals surface area contributed by atoms with Gasteiger partial charge in [-0.3, -0.25) is 4.79 Å². The highest BCUT2D eigenvalue weighted by atomic mass is 79.9. The van der Waals surface area contributed by atoms with Gasteiger partial charge < -0.3 is 15.5 Å². The number of carboxylic acid groups (broad SMARTS) is 1. The Balaban J connectivity index is 2.94. The number of hydrogen-bond acceptors (Lipinski definition) is 3. The van der Waals surface area contributed by atoms with Gasteiger partial charge in [0, 0.05) is 0 Å². The highest BCUT2D eigenvalue weighted by Crippen LogP contribution is 2.20. The molecule has 0 bridgehead atoms. The fraction of sp³-hybridized carbons (Fsp3) is 0.273. The van der Waals surface area contributed by atoms with Crippen molar-refractivity contribution < 1.29 is 24.2 Å². The standard InChI is InChI=1S/C11H11BrFNO4/c1-5(15)9(11(17)18)14-10(16)6-3-2-4-7(13)8(6)12/h2-5,9,15H,1H3,(H,14,16)(H,17,18). The summed E-state index contributed by atoms with van der Waals surface area (Å²) in [4.78, 5) is 22.6. The van der Waals surface area contributed by atoms with Gasteiger partial charge in [-0.1, -0.05) is 6.07 Å². The number of aliphatic carboxylic acids is 1. The number of rotatable bonds is 4. The molecule has 0 spiro atoms. The molecule has 0 fully saturated rings. The molecular weight excluding hydrogens is 309 g/mol. The van der Waals surface area contributed by atoms with Crippen molar-refractivity contribution in [2.75, 3.05) is 0 Å². The number of amides is 1. The van der Waals surface area contributed by atoms with Gasteiger partial charge >= 0.3 is 5.97 Å². The number of benzene rings is 1. The molecule has 1 amide bonds. The summed E-state index contributed by atoms with van der Waals surface area (Å²) in [5.41, 5.74) is -0.0399. The summed E-state index contributed by atoms with van der Waals surface area (Å²) >= 11 is 2.90. The minimum absolute atomic E-state index is 0.0399. The largest absolute Gasteiger partial charge is 0.480 e. The fourth-order valence-corrected chi connectivity index (χ4v) is 1.73. The van der Waals surface area contributed by atoms with Crippen LogP contribution >= 0.6 is 15.9 Å². The number of carbonyl (C=O) groups excluding carboxylic acids is 1. The predicted molar refractivity (Wildman–Crippen MR) is 64.7 cm³/mol. The molecule has 18 heavy (non-hydrogen) atoms. The topological polar surface area (TPSA) is 86.6 Å². The quantitative estimate of drug-likeness (QED) is 0.777. The van der Waals surface area contributed by atoms with Gasteiger partial charge in [0.1, 0.15) is 5.82 Å². The van der Waals surface area contributed by atoms with Crippen molar-refractivity contribution in [2.24, 2.45) is 0 Å². The maximum Gasteiger partial charge on any atom is 0.328 e. The molecule has 2 atom stereocenters. The highest BCUT2D eigenvalue weighted by molar-refractivity contribution is 9.10. The van der Waals surface area contributed by atoms with Gasteiger partial charge in [-0.2, -0.15) is 0 Å². The van der Waals surface area contributed by atoms with Crippen LogP contribution < -0.4 is 5.32 Å². The SMILES string of the molecule is CC(O)C(NC(=O)c1cccc(F)c1Br)C(=O)O. The Morgan fingerprint density at radius 3 is 2.56 bits per heavy atom. The van der Waals surface area contributed by atoms with E-state index in [0.717, 1.165) is 6.07 Å². The number of carboxylic acids is 1. The van der Waals surface area contributed by atoms with Crippen LogP contribution in [0.15, 0.2) is 22.7 Å². The Morgan fingerprint density at radius 1 is 1.44 bits per heavy atom. The predicted octanol–water partition coefficient (Wildman–Crippen LogP) is 1.15. The number of aliphatic hydroxyl groups is 1. The molecule has 0 heterocycles. The Morgan fingerprint density at radius 2 is 2.06 bits per heavy atom. The van der Waals surface area contributed by atoms with E-state index < -0.39 is 29.8 Å². The van der Waals surface area contributed by atoms with Gasteiger partial charge in [0.15, 0.2) is 6.04 Å². The van der Waals surface area contributed by atoms with Gasteiger partial charge in [-0.25, -0.2) is 9.18 Å². The zero-order valence-electron chi connectivity index (χ0n) is 9.35. The van der Waals surface area contributed by atoms with E-state index in [9.17, 15) is 19.1 Å². The van der Waals surface area contributed by atoms with Crippen molar-refractivity contribution >= 4 is 27.8 Å². The average Bonchev–Trinajstić information content (AvgIpc) is 2.28. The molecule has 7 heteroatoms. The second-order valence-corrected chi connectivity index (χ2v) is 4.42. The molecule has 0 aliphatic carbocycles. The smallest absolute Gasteiger partial charge is 0.328 e. The number of halogens is 2. The lowest BCUT2D eigenvalue weighted by atomic mass is 10.1. The van der Waals surface area contributed by atoms with Gasteiger partial charge in [0.25, 0.3) is 5.91 Å². The zero-order chi connectivity index (χ0) is 13.9. The highest BCUT2D eigenvalue weighted by Gasteiger charge is 2.26. The summed E-state index contributed by atoms with van der Waals surface area (Å²) in [7, 11) is 0. The minimum Gasteiger partial charge on any atom is -0.480 e. The molecule has 0 aliphatic heterocycles. The first-order valence-corrected chi connectivity index (χ1v) is 5.79. The van der Waals surface area contributed by atoms with Crippen molar-refractivity contribution in [3.63, 3.8) is 0 Å². The van der Waals surface area contributed by atoms with Crippen molar-refractivity contribution in [3.8, 4) is 0 Å². The Labute approximate surface area is 111 Å². The molecule has 0 saturated heterocycles. The molecule has 2 unspecified atom stereocenters. The zero-order valence-corrected chi connectivity index (χ0v) is 10.9. The van der Waals surface area contributed by atoms with Gasteiger partial charge in [0.05, 0.1) is 16.1 Å². The number of hydrogen-bond donors (Lipinski definition) is 3. The maximum atomic E-state index is 13.2. The van der Waals surface area contributed by atoms with Crippen LogP contribution in [-0.2, 0) is 4.79 Å². The van der Waals surface area contributed by atoms with E-state index in [2.05, 4.69) is 21.2 Å². The molecule has 0 aromatic heterocycles. The maximum absolute atomic E-state index is 13.2. The van der Waals surface area contributed by atoms with Crippen LogP contribution in [0.3, 0.4) is 0 Å². The summed E-state index contributed by atoms with van der Waals surface area (Å²) in [5, 5.41) is 20.1. The third kappa shape index (κ3) is 3.27. The summed E-state index contributed by atoms with van der Waals surface area (Å²) in [6, 6.07) is 2.37. The van der Waals surface area contributed by atoms with Crippen molar-refractivity contribution in [2.45, 2.75) is 19.1 Å². The lowest BCUT2D eigenvalue weighted by Crippen LogP contribution is -2.47. The van der Waals surface area contributed by atoms with Crippen LogP contribution in [0.25, 0.3) is 0 Å². The molecule has 0 saturated carbocycles. The van der Waals surface area contributed by atoms with Crippen LogP contribution in [-0.4, -0.2) is 34.2 Å². The lowest BCUT2D eigenvalue weighted by molar-refractivity contribution is -0.141. The normalized spacial score (nSPS) is 13.8. The van der Waals surface area contributed by atoms with E-state index in [1.807, 2.05) is 0 Å². The first-order chi connectivity index (χ1) is 8.34. The van der Waals surface area contributed by atoms with Crippen LogP contribution in [0.1, 0.15) is 17.3 Å². The molecule has 1 aromatic rings. The summed E-state index contributed by atoms with van der Waals surface area (Å²) < 4.78 is 13.1. The summed E-state index contributed by atoms with van der Waals surface area (Å²) in [5.74, 6) is -2.79. The second-order valence-electron chi connectivity index (χ2n) is 3.63.